The molecule has 6 nitrogen and oxygen atoms in total. The van der Waals surface area contributed by atoms with E-state index in [-0.39, 0.29) is 6.03 Å². The second kappa shape index (κ2) is 5.35. The van der Waals surface area contributed by atoms with E-state index in [1.54, 1.807) is 11.8 Å². The Kier molecular flexibility index (Phi) is 4.34. The summed E-state index contributed by atoms with van der Waals surface area (Å²) in [5.41, 5.74) is -0.729. The third-order valence-corrected chi connectivity index (χ3v) is 3.06. The molecule has 1 aliphatic heterocycles. The van der Waals surface area contributed by atoms with E-state index < -0.39 is 17.6 Å². The van der Waals surface area contributed by atoms with Gasteiger partial charge in [0.05, 0.1) is 5.60 Å². The molecule has 1 heterocycles. The van der Waals surface area contributed by atoms with Crippen LogP contribution in [0.5, 0.6) is 0 Å². The SMILES string of the molecule is C[C@H](NC(=O)N1CCCC(C)(O)CC1)C(=O)O. The molecule has 1 rings (SSSR count). The molecule has 2 amide bonds. The summed E-state index contributed by atoms with van der Waals surface area (Å²) in [6.45, 7) is 4.18. The van der Waals surface area contributed by atoms with Crippen LogP contribution in [0.15, 0.2) is 0 Å². The largest absolute Gasteiger partial charge is 0.480 e. The molecule has 3 N–H and O–H groups in total. The summed E-state index contributed by atoms with van der Waals surface area (Å²) in [6, 6.07) is -1.27. The fourth-order valence-electron chi connectivity index (χ4n) is 1.80. The van der Waals surface area contributed by atoms with Crippen LogP contribution in [0.2, 0.25) is 0 Å². The number of hydrogen-bond donors (Lipinski definition) is 3. The predicted octanol–water partition coefficient (Wildman–Crippen LogP) is 0.406. The number of nitrogens with zero attached hydrogens (tertiary/aromatic N) is 1. The minimum absolute atomic E-state index is 0.377. The lowest BCUT2D eigenvalue weighted by Gasteiger charge is -2.23. The van der Waals surface area contributed by atoms with Gasteiger partial charge in [-0.15, -0.1) is 0 Å². The van der Waals surface area contributed by atoms with Gasteiger partial charge in [-0.3, -0.25) is 4.79 Å². The lowest BCUT2D eigenvalue weighted by molar-refractivity contribution is -0.138. The number of aliphatic carboxylic acids is 1. The zero-order valence-corrected chi connectivity index (χ0v) is 10.3. The summed E-state index contributed by atoms with van der Waals surface area (Å²) >= 11 is 0. The second-order valence-electron chi connectivity index (χ2n) is 4.85. The van der Waals surface area contributed by atoms with E-state index in [0.717, 1.165) is 6.42 Å². The normalized spacial score (nSPS) is 27.1. The van der Waals surface area contributed by atoms with Crippen LogP contribution in [0.25, 0.3) is 0 Å². The number of aliphatic hydroxyl groups is 1. The van der Waals surface area contributed by atoms with Gasteiger partial charge in [0.1, 0.15) is 6.04 Å². The van der Waals surface area contributed by atoms with E-state index in [2.05, 4.69) is 5.32 Å². The standard InChI is InChI=1S/C11H20N2O4/c1-8(9(14)15)12-10(16)13-6-3-4-11(2,17)5-7-13/h8,17H,3-7H2,1-2H3,(H,12,16)(H,14,15)/t8-,11?/m0/s1. The molecule has 0 aromatic rings. The monoisotopic (exact) mass is 244 g/mol. The van der Waals surface area contributed by atoms with Crippen molar-refractivity contribution >= 4 is 12.0 Å². The first-order chi connectivity index (χ1) is 7.82. The molecule has 0 radical (unpaired) electrons. The van der Waals surface area contributed by atoms with Crippen molar-refractivity contribution in [2.75, 3.05) is 13.1 Å². The number of amides is 2. The molecular weight excluding hydrogens is 224 g/mol. The van der Waals surface area contributed by atoms with Crippen LogP contribution in [-0.2, 0) is 4.79 Å². The predicted molar refractivity (Wildman–Crippen MR) is 61.7 cm³/mol. The maximum Gasteiger partial charge on any atom is 0.325 e. The van der Waals surface area contributed by atoms with E-state index >= 15 is 0 Å². The fraction of sp³-hybridized carbons (Fsp3) is 0.818. The summed E-state index contributed by atoms with van der Waals surface area (Å²) < 4.78 is 0. The van der Waals surface area contributed by atoms with Crippen LogP contribution >= 0.6 is 0 Å². The molecule has 6 heteroatoms. The van der Waals surface area contributed by atoms with Gasteiger partial charge in [-0.2, -0.15) is 0 Å². The van der Waals surface area contributed by atoms with Crippen molar-refractivity contribution in [2.45, 2.75) is 44.8 Å². The van der Waals surface area contributed by atoms with Gasteiger partial charge in [-0.05, 0) is 33.1 Å². The number of carboxylic acid groups (broad SMARTS) is 1. The first-order valence-corrected chi connectivity index (χ1v) is 5.82. The van der Waals surface area contributed by atoms with Crippen molar-refractivity contribution in [1.29, 1.82) is 0 Å². The summed E-state index contributed by atoms with van der Waals surface area (Å²) in [6.07, 6.45) is 1.90. The van der Waals surface area contributed by atoms with Gasteiger partial charge in [0.25, 0.3) is 0 Å². The van der Waals surface area contributed by atoms with Crippen molar-refractivity contribution < 1.29 is 19.8 Å². The Bertz CT molecular complexity index is 304. The highest BCUT2D eigenvalue weighted by atomic mass is 16.4. The third kappa shape index (κ3) is 4.22. The number of likely N-dealkylation sites (tertiary alicyclic amines) is 1. The average Bonchev–Trinajstić information content (AvgIpc) is 2.39. The molecule has 2 atom stereocenters. The fourth-order valence-corrected chi connectivity index (χ4v) is 1.80. The zero-order valence-electron chi connectivity index (χ0n) is 10.3. The molecule has 1 fully saturated rings. The van der Waals surface area contributed by atoms with Crippen LogP contribution in [0.1, 0.15) is 33.1 Å². The molecule has 17 heavy (non-hydrogen) atoms. The molecule has 0 aromatic heterocycles. The molecule has 0 aliphatic carbocycles. The van der Waals surface area contributed by atoms with E-state index in [9.17, 15) is 14.7 Å². The van der Waals surface area contributed by atoms with Crippen LogP contribution in [0.3, 0.4) is 0 Å². The summed E-state index contributed by atoms with van der Waals surface area (Å²) in [5, 5.41) is 21.0. The minimum atomic E-state index is -1.06. The van der Waals surface area contributed by atoms with E-state index in [1.807, 2.05) is 0 Å². The Hall–Kier alpha value is -1.30. The van der Waals surface area contributed by atoms with E-state index in [1.165, 1.54) is 6.92 Å². The summed E-state index contributed by atoms with van der Waals surface area (Å²) in [7, 11) is 0. The third-order valence-electron chi connectivity index (χ3n) is 3.06. The van der Waals surface area contributed by atoms with Gasteiger partial charge in [-0.1, -0.05) is 0 Å². The molecule has 0 bridgehead atoms. The summed E-state index contributed by atoms with van der Waals surface area (Å²) in [5.74, 6) is -1.06. The highest BCUT2D eigenvalue weighted by Crippen LogP contribution is 2.21. The molecular formula is C11H20N2O4. The first kappa shape index (κ1) is 13.8. The number of carbonyl (C=O) groups is 2. The topological polar surface area (TPSA) is 89.9 Å². The number of nitrogens with one attached hydrogen (secondary N) is 1. The molecule has 1 unspecified atom stereocenters. The average molecular weight is 244 g/mol. The van der Waals surface area contributed by atoms with E-state index in [0.29, 0.717) is 25.9 Å². The molecule has 0 saturated carbocycles. The Labute approximate surface area is 101 Å². The zero-order chi connectivity index (χ0) is 13.1. The Balaban J connectivity index is 2.50. The van der Waals surface area contributed by atoms with Gasteiger partial charge in [0, 0.05) is 13.1 Å². The maximum absolute atomic E-state index is 11.7. The maximum atomic E-state index is 11.7. The number of carboxylic acids is 1. The molecule has 1 aliphatic rings. The van der Waals surface area contributed by atoms with E-state index in [4.69, 9.17) is 5.11 Å². The quantitative estimate of drug-likeness (QED) is 0.656. The number of rotatable bonds is 2. The van der Waals surface area contributed by atoms with Crippen LogP contribution in [0, 0.1) is 0 Å². The van der Waals surface area contributed by atoms with Crippen molar-refractivity contribution in [3.05, 3.63) is 0 Å². The van der Waals surface area contributed by atoms with Gasteiger partial charge in [0.15, 0.2) is 0 Å². The lowest BCUT2D eigenvalue weighted by atomic mass is 9.98. The van der Waals surface area contributed by atoms with Gasteiger partial charge in [-0.25, -0.2) is 4.79 Å². The number of hydrogen-bond acceptors (Lipinski definition) is 3. The molecule has 98 valence electrons. The van der Waals surface area contributed by atoms with Gasteiger partial charge >= 0.3 is 12.0 Å². The van der Waals surface area contributed by atoms with Crippen molar-refractivity contribution in [1.82, 2.24) is 10.2 Å². The van der Waals surface area contributed by atoms with Gasteiger partial charge < -0.3 is 20.4 Å². The smallest absolute Gasteiger partial charge is 0.325 e. The van der Waals surface area contributed by atoms with Gasteiger partial charge in [0.2, 0.25) is 0 Å². The van der Waals surface area contributed by atoms with Crippen LogP contribution in [-0.4, -0.2) is 51.8 Å². The Morgan fingerprint density at radius 1 is 1.35 bits per heavy atom. The summed E-state index contributed by atoms with van der Waals surface area (Å²) in [4.78, 5) is 23.9. The van der Waals surface area contributed by atoms with Crippen LogP contribution in [0.4, 0.5) is 4.79 Å². The van der Waals surface area contributed by atoms with Crippen molar-refractivity contribution in [2.24, 2.45) is 0 Å². The van der Waals surface area contributed by atoms with Crippen molar-refractivity contribution in [3.8, 4) is 0 Å². The Morgan fingerprint density at radius 3 is 2.59 bits per heavy atom. The Morgan fingerprint density at radius 2 is 2.00 bits per heavy atom. The minimum Gasteiger partial charge on any atom is -0.480 e. The van der Waals surface area contributed by atoms with Crippen molar-refractivity contribution in [3.63, 3.8) is 0 Å². The number of urea groups is 1. The second-order valence-corrected chi connectivity index (χ2v) is 4.85. The number of carbonyl (C=O) groups excluding carboxylic acids is 1. The first-order valence-electron chi connectivity index (χ1n) is 5.82. The highest BCUT2D eigenvalue weighted by Gasteiger charge is 2.27. The lowest BCUT2D eigenvalue weighted by Crippen LogP contribution is -2.47. The highest BCUT2D eigenvalue weighted by molar-refractivity contribution is 5.82. The molecule has 1 saturated heterocycles. The molecule has 0 spiro atoms. The van der Waals surface area contributed by atoms with Crippen LogP contribution < -0.4 is 5.32 Å². The molecule has 0 aromatic carbocycles.